The molecule has 0 aliphatic rings. The molecule has 0 aliphatic heterocycles. The Morgan fingerprint density at radius 1 is 1.00 bits per heavy atom. The van der Waals surface area contributed by atoms with Crippen molar-refractivity contribution in [1.82, 2.24) is 40.8 Å². The van der Waals surface area contributed by atoms with Crippen LogP contribution in [0, 0.1) is 6.92 Å². The van der Waals surface area contributed by atoms with Gasteiger partial charge in [-0.25, -0.2) is 0 Å². The highest BCUT2D eigenvalue weighted by Gasteiger charge is 2.31. The molecule has 4 rings (SSSR count). The number of aromatic nitrogens is 6. The van der Waals surface area contributed by atoms with Gasteiger partial charge in [0, 0.05) is 37.9 Å². The van der Waals surface area contributed by atoms with Gasteiger partial charge in [0.25, 0.3) is 11.8 Å². The molecule has 0 atom stereocenters. The molecule has 0 bridgehead atoms. The number of halogens is 3. The summed E-state index contributed by atoms with van der Waals surface area (Å²) in [5.41, 5.74) is 2.31. The lowest BCUT2D eigenvalue weighted by Gasteiger charge is -2.10. The van der Waals surface area contributed by atoms with Gasteiger partial charge in [0.05, 0.1) is 6.20 Å². The number of carbonyl (C=O) groups is 2. The molecule has 0 fully saturated rings. The quantitative estimate of drug-likeness (QED) is 0.245. The summed E-state index contributed by atoms with van der Waals surface area (Å²) >= 11 is 1.24. The van der Waals surface area contributed by atoms with Crippen LogP contribution < -0.4 is 15.4 Å². The standard InChI is InChI=1S/C25H25F3N8O3S/c1-16-8-9-18(13-29-16)14-31-23(38)24-34-33-21(40-24)7-2-3-10-36-15-20(32-35-36)22(37)30-12-17-5-4-6-19(11-17)39-25(26,27)28/h4-6,8-9,11,13,15H,2-3,7,10,12,14H2,1H3,(H,30,37)(H,31,38). The molecule has 1 aromatic carbocycles. The van der Waals surface area contributed by atoms with E-state index in [1.165, 1.54) is 40.4 Å². The smallest absolute Gasteiger partial charge is 0.406 e. The van der Waals surface area contributed by atoms with Crippen LogP contribution in [0.25, 0.3) is 0 Å². The molecule has 2 N–H and O–H groups in total. The monoisotopic (exact) mass is 574 g/mol. The minimum absolute atomic E-state index is 0.00816. The maximum atomic E-state index is 12.4. The lowest BCUT2D eigenvalue weighted by molar-refractivity contribution is -0.274. The zero-order valence-electron chi connectivity index (χ0n) is 21.3. The Hall–Kier alpha value is -4.40. The largest absolute Gasteiger partial charge is 0.573 e. The molecule has 0 radical (unpaired) electrons. The van der Waals surface area contributed by atoms with E-state index < -0.39 is 12.3 Å². The van der Waals surface area contributed by atoms with Crippen molar-refractivity contribution in [2.24, 2.45) is 0 Å². The summed E-state index contributed by atoms with van der Waals surface area (Å²) in [6.45, 7) is 2.74. The minimum atomic E-state index is -4.79. The van der Waals surface area contributed by atoms with Crippen LogP contribution in [-0.4, -0.2) is 48.4 Å². The Labute approximate surface area is 230 Å². The highest BCUT2D eigenvalue weighted by Crippen LogP contribution is 2.23. The lowest BCUT2D eigenvalue weighted by atomic mass is 10.2. The molecule has 2 amide bonds. The lowest BCUT2D eigenvalue weighted by Crippen LogP contribution is -2.23. The van der Waals surface area contributed by atoms with Crippen LogP contribution in [0.1, 0.15) is 55.0 Å². The summed E-state index contributed by atoms with van der Waals surface area (Å²) in [5, 5.41) is 22.3. The van der Waals surface area contributed by atoms with E-state index in [0.717, 1.165) is 29.1 Å². The second-order valence-corrected chi connectivity index (χ2v) is 9.76. The third-order valence-electron chi connectivity index (χ3n) is 5.47. The summed E-state index contributed by atoms with van der Waals surface area (Å²) in [5.74, 6) is -1.17. The molecule has 210 valence electrons. The minimum Gasteiger partial charge on any atom is -0.406 e. The van der Waals surface area contributed by atoms with Crippen molar-refractivity contribution in [1.29, 1.82) is 0 Å². The van der Waals surface area contributed by atoms with Crippen LogP contribution in [0.4, 0.5) is 13.2 Å². The molecule has 40 heavy (non-hydrogen) atoms. The van der Waals surface area contributed by atoms with E-state index >= 15 is 0 Å². The van der Waals surface area contributed by atoms with Gasteiger partial charge in [0.2, 0.25) is 5.01 Å². The SMILES string of the molecule is Cc1ccc(CNC(=O)c2nnc(CCCCn3cc(C(=O)NCc4cccc(OC(F)(F)F)c4)nn3)s2)cn1. The number of rotatable bonds is 12. The zero-order chi connectivity index (χ0) is 28.5. The predicted octanol–water partition coefficient (Wildman–Crippen LogP) is 3.61. The molecule has 4 aromatic rings. The molecule has 11 nitrogen and oxygen atoms in total. The number of nitrogens with zero attached hydrogens (tertiary/aromatic N) is 6. The van der Waals surface area contributed by atoms with Crippen LogP contribution in [0.3, 0.4) is 0 Å². The topological polar surface area (TPSA) is 137 Å². The van der Waals surface area contributed by atoms with Gasteiger partial charge < -0.3 is 15.4 Å². The first-order chi connectivity index (χ1) is 19.1. The number of pyridine rings is 1. The fourth-order valence-electron chi connectivity index (χ4n) is 3.49. The zero-order valence-corrected chi connectivity index (χ0v) is 22.1. The number of alkyl halides is 3. The molecule has 3 heterocycles. The van der Waals surface area contributed by atoms with E-state index in [1.54, 1.807) is 12.3 Å². The van der Waals surface area contributed by atoms with Gasteiger partial charge >= 0.3 is 6.36 Å². The van der Waals surface area contributed by atoms with Crippen molar-refractivity contribution in [3.8, 4) is 5.75 Å². The van der Waals surface area contributed by atoms with Gasteiger partial charge in [-0.3, -0.25) is 19.3 Å². The van der Waals surface area contributed by atoms with E-state index in [0.29, 0.717) is 30.1 Å². The first kappa shape index (κ1) is 28.6. The summed E-state index contributed by atoms with van der Waals surface area (Å²) in [4.78, 5) is 28.9. The van der Waals surface area contributed by atoms with Gasteiger partial charge in [0.15, 0.2) is 5.69 Å². The Bertz CT molecular complexity index is 1440. The van der Waals surface area contributed by atoms with Crippen LogP contribution in [0.2, 0.25) is 0 Å². The maximum absolute atomic E-state index is 12.4. The van der Waals surface area contributed by atoms with Gasteiger partial charge in [-0.05, 0) is 49.1 Å². The number of hydrogen-bond donors (Lipinski definition) is 2. The van der Waals surface area contributed by atoms with Crippen molar-refractivity contribution in [2.45, 2.75) is 52.2 Å². The van der Waals surface area contributed by atoms with Gasteiger partial charge in [-0.2, -0.15) is 0 Å². The van der Waals surface area contributed by atoms with Crippen LogP contribution in [0.5, 0.6) is 5.75 Å². The molecule has 0 saturated carbocycles. The van der Waals surface area contributed by atoms with E-state index in [4.69, 9.17) is 0 Å². The van der Waals surface area contributed by atoms with Crippen molar-refractivity contribution in [3.05, 3.63) is 81.3 Å². The summed E-state index contributed by atoms with van der Waals surface area (Å²) < 4.78 is 42.6. The van der Waals surface area contributed by atoms with Gasteiger partial charge in [-0.15, -0.1) is 28.5 Å². The van der Waals surface area contributed by atoms with Gasteiger partial charge in [-0.1, -0.05) is 34.7 Å². The molecular formula is C25H25F3N8O3S. The number of amides is 2. The van der Waals surface area contributed by atoms with Crippen molar-refractivity contribution >= 4 is 23.2 Å². The second-order valence-electron chi connectivity index (χ2n) is 8.69. The summed E-state index contributed by atoms with van der Waals surface area (Å²) in [6.07, 6.45) is 0.520. The Kier molecular flexibility index (Phi) is 9.37. The Balaban J connectivity index is 1.16. The van der Waals surface area contributed by atoms with Crippen LogP contribution in [-0.2, 0) is 26.1 Å². The van der Waals surface area contributed by atoms with Gasteiger partial charge in [0.1, 0.15) is 10.8 Å². The maximum Gasteiger partial charge on any atom is 0.573 e. The molecule has 3 aromatic heterocycles. The number of unbranched alkanes of at least 4 members (excludes halogenated alkanes) is 1. The Morgan fingerprint density at radius 3 is 2.58 bits per heavy atom. The van der Waals surface area contributed by atoms with E-state index in [2.05, 4.69) is 40.9 Å². The highest BCUT2D eigenvalue weighted by molar-refractivity contribution is 7.13. The first-order valence-corrected chi connectivity index (χ1v) is 13.0. The number of aryl methyl sites for hydroxylation is 3. The summed E-state index contributed by atoms with van der Waals surface area (Å²) in [6, 6.07) is 9.12. The van der Waals surface area contributed by atoms with E-state index in [9.17, 15) is 22.8 Å². The van der Waals surface area contributed by atoms with Crippen molar-refractivity contribution in [3.63, 3.8) is 0 Å². The number of ether oxygens (including phenoxy) is 1. The summed E-state index contributed by atoms with van der Waals surface area (Å²) in [7, 11) is 0. The van der Waals surface area contributed by atoms with Crippen LogP contribution >= 0.6 is 11.3 Å². The normalized spacial score (nSPS) is 11.3. The Morgan fingerprint density at radius 2 is 1.80 bits per heavy atom. The van der Waals surface area contributed by atoms with Crippen molar-refractivity contribution in [2.75, 3.05) is 0 Å². The van der Waals surface area contributed by atoms with E-state index in [-0.39, 0.29) is 23.9 Å². The van der Waals surface area contributed by atoms with Crippen LogP contribution in [0.15, 0.2) is 48.8 Å². The predicted molar refractivity (Wildman–Crippen MR) is 137 cm³/mol. The van der Waals surface area contributed by atoms with E-state index in [1.807, 2.05) is 19.1 Å². The molecule has 15 heteroatoms. The average molecular weight is 575 g/mol. The fraction of sp³-hybridized carbons (Fsp3) is 0.320. The number of hydrogen-bond acceptors (Lipinski definition) is 9. The number of benzene rings is 1. The molecule has 0 spiro atoms. The molecule has 0 aliphatic carbocycles. The molecular weight excluding hydrogens is 549 g/mol. The average Bonchev–Trinajstić information content (AvgIpc) is 3.59. The van der Waals surface area contributed by atoms with Crippen molar-refractivity contribution < 1.29 is 27.5 Å². The first-order valence-electron chi connectivity index (χ1n) is 12.2. The third-order valence-corrected chi connectivity index (χ3v) is 6.45. The third kappa shape index (κ3) is 8.83. The fourth-order valence-corrected chi connectivity index (χ4v) is 4.29. The highest BCUT2D eigenvalue weighted by atomic mass is 32.1. The number of carbonyl (C=O) groups excluding carboxylic acids is 2. The number of nitrogens with one attached hydrogen (secondary N) is 2. The molecule has 0 unspecified atom stereocenters. The molecule has 0 saturated heterocycles. The second kappa shape index (κ2) is 13.1.